The topological polar surface area (TPSA) is 307 Å². The predicted octanol–water partition coefficient (Wildman–Crippen LogP) is 19.6. The first kappa shape index (κ1) is 106. The van der Waals surface area contributed by atoms with Crippen molar-refractivity contribution in [1.29, 1.82) is 0 Å². The largest absolute Gasteiger partial charge is 0.394 e. The minimum absolute atomic E-state index is 0.230. The van der Waals surface area contributed by atoms with Gasteiger partial charge in [0, 0.05) is 6.42 Å². The normalized spacial score (nSPS) is 24.7. The number of aliphatic hydroxyl groups excluding tert-OH is 11. The second kappa shape index (κ2) is 74.6. The van der Waals surface area contributed by atoms with Gasteiger partial charge >= 0.3 is 0 Å². The van der Waals surface area contributed by atoms with Gasteiger partial charge in [-0.3, -0.25) is 4.79 Å². The van der Waals surface area contributed by atoms with Crippen LogP contribution in [0, 0.1) is 0 Å². The number of hydrogen-bond donors (Lipinski definition) is 12. The quantitative estimate of drug-likeness (QED) is 0.0252. The molecule has 0 radical (unpaired) electrons. The van der Waals surface area contributed by atoms with Gasteiger partial charge in [-0.15, -0.1) is 0 Å². The van der Waals surface area contributed by atoms with Crippen molar-refractivity contribution in [2.45, 2.75) is 568 Å². The van der Waals surface area contributed by atoms with E-state index in [0.29, 0.717) is 12.8 Å². The zero-order valence-electron chi connectivity index (χ0n) is 72.9. The maximum absolute atomic E-state index is 13.6. The van der Waals surface area contributed by atoms with Crippen LogP contribution in [0.25, 0.3) is 0 Å². The second-order valence-corrected chi connectivity index (χ2v) is 35.3. The first-order valence-electron chi connectivity index (χ1n) is 48.8. The third kappa shape index (κ3) is 52.7. The summed E-state index contributed by atoms with van der Waals surface area (Å²) in [6.45, 7) is 1.90. The van der Waals surface area contributed by atoms with Crippen molar-refractivity contribution in [3.05, 3.63) is 0 Å². The van der Waals surface area contributed by atoms with E-state index in [1.165, 1.54) is 385 Å². The molecule has 12 N–H and O–H groups in total. The number of rotatable bonds is 82. The maximum atomic E-state index is 13.6. The van der Waals surface area contributed by atoms with Crippen LogP contribution < -0.4 is 5.32 Å². The fraction of sp³-hybridized carbons (Fsp3) is 0.989. The van der Waals surface area contributed by atoms with Gasteiger partial charge in [-0.05, 0) is 12.8 Å². The third-order valence-corrected chi connectivity index (χ3v) is 24.9. The van der Waals surface area contributed by atoms with Crippen LogP contribution in [-0.4, -0.2) is 193 Å². The number of unbranched alkanes of at least 4 members (excludes halogenated alkanes) is 66. The van der Waals surface area contributed by atoms with Crippen molar-refractivity contribution in [2.24, 2.45) is 0 Å². The van der Waals surface area contributed by atoms with Gasteiger partial charge in [0.2, 0.25) is 5.91 Å². The Kier molecular flexibility index (Phi) is 70.0. The number of carbonyl (C=O) groups is 1. The Labute approximate surface area is 691 Å². The van der Waals surface area contributed by atoms with Crippen LogP contribution >= 0.6 is 0 Å². The van der Waals surface area contributed by atoms with Crippen molar-refractivity contribution in [1.82, 2.24) is 5.32 Å². The highest BCUT2D eigenvalue weighted by molar-refractivity contribution is 5.76. The Balaban J connectivity index is 1.28. The SMILES string of the molecule is CCCCCCCCCCCCCCCCCCCCCCCCCCCCCCCCCCCCCCCCCC(=O)NC(COC1OC(CO)C(OC2OC(CO)C(OC3OC(CO)C(O)C(O)C3O)C(O)C2O)C(O)C1O)C(O)CCCCCCCCCCCCCCCCCCCCCCCCCCCCCCC. The van der Waals surface area contributed by atoms with E-state index in [1.807, 2.05) is 0 Å². The molecule has 19 nitrogen and oxygen atoms in total. The lowest BCUT2D eigenvalue weighted by Gasteiger charge is -2.48. The van der Waals surface area contributed by atoms with Crippen LogP contribution in [0.4, 0.5) is 0 Å². The van der Waals surface area contributed by atoms with Gasteiger partial charge in [-0.25, -0.2) is 0 Å². The number of hydrogen-bond acceptors (Lipinski definition) is 18. The molecule has 17 unspecified atom stereocenters. The number of ether oxygens (including phenoxy) is 6. The summed E-state index contributed by atoms with van der Waals surface area (Å²) in [6, 6.07) is -0.885. The van der Waals surface area contributed by atoms with Crippen molar-refractivity contribution < 1.29 is 89.4 Å². The van der Waals surface area contributed by atoms with Gasteiger partial charge in [0.25, 0.3) is 0 Å². The van der Waals surface area contributed by atoms with Crippen molar-refractivity contribution in [3.63, 3.8) is 0 Å². The first-order valence-corrected chi connectivity index (χ1v) is 48.8. The summed E-state index contributed by atoms with van der Waals surface area (Å²) in [5.74, 6) is -0.230. The lowest BCUT2D eigenvalue weighted by atomic mass is 9.96. The van der Waals surface area contributed by atoms with Gasteiger partial charge < -0.3 is 89.9 Å². The lowest BCUT2D eigenvalue weighted by Crippen LogP contribution is -2.66. The van der Waals surface area contributed by atoms with E-state index in [4.69, 9.17) is 28.4 Å². The Hall–Kier alpha value is -1.21. The number of carbonyl (C=O) groups excluding carboxylic acids is 1. The fourth-order valence-electron chi connectivity index (χ4n) is 17.2. The zero-order chi connectivity index (χ0) is 81.7. The van der Waals surface area contributed by atoms with Crippen LogP contribution in [-0.2, 0) is 33.2 Å². The summed E-state index contributed by atoms with van der Waals surface area (Å²) in [5.41, 5.74) is 0. The van der Waals surface area contributed by atoms with Gasteiger partial charge in [-0.2, -0.15) is 0 Å². The van der Waals surface area contributed by atoms with Gasteiger partial charge in [0.15, 0.2) is 18.9 Å². The van der Waals surface area contributed by atoms with E-state index >= 15 is 0 Å². The molecule has 0 spiro atoms. The molecule has 3 aliphatic heterocycles. The summed E-state index contributed by atoms with van der Waals surface area (Å²) >= 11 is 0. The Bertz CT molecular complexity index is 2030. The second-order valence-electron chi connectivity index (χ2n) is 35.3. The molecule has 3 fully saturated rings. The third-order valence-electron chi connectivity index (χ3n) is 24.9. The molecule has 0 aromatic carbocycles. The molecule has 19 heteroatoms. The molecule has 1 amide bonds. The molecule has 0 bridgehead atoms. The lowest BCUT2D eigenvalue weighted by molar-refractivity contribution is -0.379. The zero-order valence-corrected chi connectivity index (χ0v) is 72.9. The number of amides is 1. The molecular weight excluding hydrogens is 1430 g/mol. The predicted molar refractivity (Wildman–Crippen MR) is 457 cm³/mol. The molecule has 672 valence electrons. The summed E-state index contributed by atoms with van der Waals surface area (Å²) in [4.78, 5) is 13.6. The summed E-state index contributed by atoms with van der Waals surface area (Å²) in [6.07, 6.45) is 65.3. The Morgan fingerprint density at radius 3 is 0.770 bits per heavy atom. The van der Waals surface area contributed by atoms with Crippen LogP contribution in [0.15, 0.2) is 0 Å². The highest BCUT2D eigenvalue weighted by atomic mass is 16.8. The molecule has 3 rings (SSSR count). The number of nitrogens with one attached hydrogen (secondary N) is 1. The van der Waals surface area contributed by atoms with Gasteiger partial charge in [0.05, 0.1) is 38.6 Å². The van der Waals surface area contributed by atoms with Gasteiger partial charge in [0.1, 0.15) is 73.2 Å². The van der Waals surface area contributed by atoms with Crippen molar-refractivity contribution >= 4 is 5.91 Å². The molecule has 0 aromatic rings. The Morgan fingerprint density at radius 2 is 0.504 bits per heavy atom. The summed E-state index contributed by atoms with van der Waals surface area (Å²) < 4.78 is 34.6. The minimum Gasteiger partial charge on any atom is -0.394 e. The fourth-order valence-corrected chi connectivity index (χ4v) is 17.2. The molecule has 17 atom stereocenters. The van der Waals surface area contributed by atoms with Gasteiger partial charge in [-0.1, -0.05) is 444 Å². The summed E-state index contributed by atoms with van der Waals surface area (Å²) in [5, 5.41) is 121. The van der Waals surface area contributed by atoms with Crippen molar-refractivity contribution in [3.8, 4) is 0 Å². The highest BCUT2D eigenvalue weighted by Crippen LogP contribution is 2.34. The minimum atomic E-state index is -1.97. The molecular formula is C94H183NO18. The highest BCUT2D eigenvalue weighted by Gasteiger charge is 2.54. The van der Waals surface area contributed by atoms with E-state index < -0.39 is 124 Å². The van der Waals surface area contributed by atoms with Crippen LogP contribution in [0.1, 0.15) is 463 Å². The molecule has 113 heavy (non-hydrogen) atoms. The average Bonchev–Trinajstić information content (AvgIpc) is 0.780. The molecule has 3 heterocycles. The standard InChI is InChI=1S/C94H183NO18/c1-3-5-7-9-11-13-15-17-19-21-23-25-27-29-31-33-34-35-36-37-38-39-40-41-42-44-46-48-50-52-54-56-58-60-62-64-66-68-70-72-82(100)95-77(78(99)71-69-67-65-63-61-59-57-55-53-51-49-47-45-43-32-30-28-26-24-22-20-18-16-14-12-10-8-6-4-2)76-108-92-88(106)85(103)90(80(74-97)110-92)113-94-89(107)86(104)91(81(75-98)111-94)112-93-87(105)84(102)83(101)79(73-96)109-93/h77-81,83-94,96-99,101-107H,3-76H2,1-2H3,(H,95,100). The average molecular weight is 1620 g/mol. The smallest absolute Gasteiger partial charge is 0.220 e. The molecule has 0 aromatic heterocycles. The van der Waals surface area contributed by atoms with Crippen LogP contribution in [0.5, 0.6) is 0 Å². The molecule has 0 saturated carbocycles. The van der Waals surface area contributed by atoms with Crippen molar-refractivity contribution in [2.75, 3.05) is 26.4 Å². The van der Waals surface area contributed by atoms with E-state index in [-0.39, 0.29) is 18.9 Å². The Morgan fingerprint density at radius 1 is 0.283 bits per heavy atom. The van der Waals surface area contributed by atoms with Crippen LogP contribution in [0.2, 0.25) is 0 Å². The van der Waals surface area contributed by atoms with E-state index in [2.05, 4.69) is 19.2 Å². The van der Waals surface area contributed by atoms with E-state index in [0.717, 1.165) is 44.9 Å². The van der Waals surface area contributed by atoms with Crippen LogP contribution in [0.3, 0.4) is 0 Å². The molecule has 0 aliphatic carbocycles. The first-order chi connectivity index (χ1) is 55.3. The molecule has 3 saturated heterocycles. The maximum Gasteiger partial charge on any atom is 0.220 e. The van der Waals surface area contributed by atoms with E-state index in [9.17, 15) is 61.0 Å². The monoisotopic (exact) mass is 1610 g/mol. The van der Waals surface area contributed by atoms with E-state index in [1.54, 1.807) is 0 Å². The molecule has 3 aliphatic rings. The summed E-state index contributed by atoms with van der Waals surface area (Å²) in [7, 11) is 0. The number of aliphatic hydroxyl groups is 11.